The summed E-state index contributed by atoms with van der Waals surface area (Å²) in [5.41, 5.74) is 13.7. The van der Waals surface area contributed by atoms with Crippen molar-refractivity contribution < 1.29 is 13.5 Å². The standard InChI is InChI=1S/C34H36F2O/c1-20-13-21(2)33(22(3)14-20)29-17-25(6)34(26(7)18-29)37-12-8-9-27-15-23(4)32(24(5)16-27)28-10-11-30(35)31(36)19-28/h10-11,13-19H,8-9,12H2,1-7H3. The van der Waals surface area contributed by atoms with Crippen LogP contribution in [0.2, 0.25) is 0 Å². The van der Waals surface area contributed by atoms with Gasteiger partial charge in [-0.15, -0.1) is 0 Å². The van der Waals surface area contributed by atoms with Crippen LogP contribution in [0.25, 0.3) is 22.3 Å². The van der Waals surface area contributed by atoms with Crippen molar-refractivity contribution in [1.82, 2.24) is 0 Å². The Balaban J connectivity index is 1.44. The van der Waals surface area contributed by atoms with Crippen LogP contribution < -0.4 is 4.74 Å². The molecule has 0 amide bonds. The highest BCUT2D eigenvalue weighted by atomic mass is 19.2. The molecule has 1 nitrogen and oxygen atoms in total. The van der Waals surface area contributed by atoms with Crippen LogP contribution in [-0.2, 0) is 6.42 Å². The maximum absolute atomic E-state index is 13.8. The average molecular weight is 499 g/mol. The Labute approximate surface area is 220 Å². The van der Waals surface area contributed by atoms with E-state index in [0.29, 0.717) is 12.2 Å². The minimum absolute atomic E-state index is 0.632. The Kier molecular flexibility index (Phi) is 7.82. The van der Waals surface area contributed by atoms with Crippen LogP contribution >= 0.6 is 0 Å². The molecule has 4 aromatic rings. The molecule has 4 rings (SSSR count). The van der Waals surface area contributed by atoms with Crippen molar-refractivity contribution in [2.75, 3.05) is 6.61 Å². The fraction of sp³-hybridized carbons (Fsp3) is 0.294. The van der Waals surface area contributed by atoms with Gasteiger partial charge in [-0.25, -0.2) is 8.78 Å². The van der Waals surface area contributed by atoms with Gasteiger partial charge >= 0.3 is 0 Å². The van der Waals surface area contributed by atoms with E-state index >= 15 is 0 Å². The zero-order valence-corrected chi connectivity index (χ0v) is 23.0. The van der Waals surface area contributed by atoms with Gasteiger partial charge in [0, 0.05) is 0 Å². The quantitative estimate of drug-likeness (QED) is 0.231. The molecule has 0 aromatic heterocycles. The lowest BCUT2D eigenvalue weighted by Gasteiger charge is -2.17. The molecule has 0 aliphatic rings. The summed E-state index contributed by atoms with van der Waals surface area (Å²) in [7, 11) is 0. The molecule has 0 spiro atoms. The van der Waals surface area contributed by atoms with Crippen LogP contribution in [0.1, 0.15) is 50.9 Å². The molecular weight excluding hydrogens is 462 g/mol. The second kappa shape index (κ2) is 10.9. The summed E-state index contributed by atoms with van der Waals surface area (Å²) in [6.45, 7) is 15.4. The van der Waals surface area contributed by atoms with Crippen LogP contribution in [0.5, 0.6) is 5.75 Å². The summed E-state index contributed by atoms with van der Waals surface area (Å²) in [5.74, 6) is -0.677. The third-order valence-corrected chi connectivity index (χ3v) is 7.08. The van der Waals surface area contributed by atoms with Gasteiger partial charge in [-0.05, 0) is 147 Å². The monoisotopic (exact) mass is 498 g/mol. The first kappa shape index (κ1) is 26.6. The smallest absolute Gasteiger partial charge is 0.159 e. The van der Waals surface area contributed by atoms with Gasteiger partial charge in [0.2, 0.25) is 0 Å². The van der Waals surface area contributed by atoms with E-state index < -0.39 is 11.6 Å². The zero-order valence-electron chi connectivity index (χ0n) is 23.0. The normalized spacial score (nSPS) is 11.2. The SMILES string of the molecule is Cc1cc(C)c(-c2cc(C)c(OCCCc3cc(C)c(-c4ccc(F)c(F)c4)c(C)c3)c(C)c2)c(C)c1. The highest BCUT2D eigenvalue weighted by Gasteiger charge is 2.13. The van der Waals surface area contributed by atoms with Crippen LogP contribution in [0, 0.1) is 60.1 Å². The van der Waals surface area contributed by atoms with E-state index in [4.69, 9.17) is 4.74 Å². The molecule has 0 aliphatic heterocycles. The van der Waals surface area contributed by atoms with Gasteiger partial charge in [-0.2, -0.15) is 0 Å². The average Bonchev–Trinajstić information content (AvgIpc) is 2.79. The van der Waals surface area contributed by atoms with E-state index in [1.165, 1.54) is 45.5 Å². The van der Waals surface area contributed by atoms with Gasteiger partial charge in [0.25, 0.3) is 0 Å². The summed E-state index contributed by atoms with van der Waals surface area (Å²) >= 11 is 0. The van der Waals surface area contributed by atoms with Crippen LogP contribution in [0.15, 0.2) is 54.6 Å². The molecule has 0 bridgehead atoms. The molecule has 0 aliphatic carbocycles. The number of ether oxygens (including phenoxy) is 1. The molecule has 0 fully saturated rings. The molecule has 4 aromatic carbocycles. The van der Waals surface area contributed by atoms with Gasteiger partial charge in [0.1, 0.15) is 5.75 Å². The van der Waals surface area contributed by atoms with Gasteiger partial charge in [-0.3, -0.25) is 0 Å². The number of halogens is 2. The molecule has 0 radical (unpaired) electrons. The maximum Gasteiger partial charge on any atom is 0.159 e. The topological polar surface area (TPSA) is 9.23 Å². The van der Waals surface area contributed by atoms with Gasteiger partial charge in [0.15, 0.2) is 11.6 Å². The predicted octanol–water partition coefficient (Wildman–Crippen LogP) is 9.47. The van der Waals surface area contributed by atoms with Crippen molar-refractivity contribution in [1.29, 1.82) is 0 Å². The van der Waals surface area contributed by atoms with E-state index in [-0.39, 0.29) is 0 Å². The maximum atomic E-state index is 13.8. The molecule has 0 saturated heterocycles. The minimum Gasteiger partial charge on any atom is -0.493 e. The van der Waals surface area contributed by atoms with Gasteiger partial charge in [-0.1, -0.05) is 35.9 Å². The van der Waals surface area contributed by atoms with Crippen LogP contribution in [0.3, 0.4) is 0 Å². The van der Waals surface area contributed by atoms with E-state index in [1.807, 2.05) is 13.8 Å². The van der Waals surface area contributed by atoms with Crippen LogP contribution in [-0.4, -0.2) is 6.61 Å². The zero-order chi connectivity index (χ0) is 26.9. The fourth-order valence-corrected chi connectivity index (χ4v) is 5.71. The second-order valence-electron chi connectivity index (χ2n) is 10.4. The van der Waals surface area contributed by atoms with Crippen molar-refractivity contribution in [2.45, 2.75) is 61.3 Å². The molecule has 37 heavy (non-hydrogen) atoms. The lowest BCUT2D eigenvalue weighted by atomic mass is 9.91. The third kappa shape index (κ3) is 5.77. The van der Waals surface area contributed by atoms with E-state index in [2.05, 4.69) is 71.0 Å². The van der Waals surface area contributed by atoms with Crippen molar-refractivity contribution in [3.05, 3.63) is 111 Å². The Morgan fingerprint density at radius 1 is 0.568 bits per heavy atom. The molecule has 0 heterocycles. The summed E-state index contributed by atoms with van der Waals surface area (Å²) in [5, 5.41) is 0. The van der Waals surface area contributed by atoms with E-state index in [9.17, 15) is 8.78 Å². The van der Waals surface area contributed by atoms with Crippen molar-refractivity contribution >= 4 is 0 Å². The number of hydrogen-bond acceptors (Lipinski definition) is 1. The first-order chi connectivity index (χ1) is 17.5. The van der Waals surface area contributed by atoms with E-state index in [0.717, 1.165) is 46.4 Å². The Morgan fingerprint density at radius 2 is 1.11 bits per heavy atom. The third-order valence-electron chi connectivity index (χ3n) is 7.08. The van der Waals surface area contributed by atoms with Crippen molar-refractivity contribution in [3.8, 4) is 28.0 Å². The number of rotatable bonds is 7. The molecular formula is C34H36F2O. The number of hydrogen-bond donors (Lipinski definition) is 0. The summed E-state index contributed by atoms with van der Waals surface area (Å²) < 4.78 is 33.4. The second-order valence-corrected chi connectivity index (χ2v) is 10.4. The highest BCUT2D eigenvalue weighted by Crippen LogP contribution is 2.34. The predicted molar refractivity (Wildman–Crippen MR) is 151 cm³/mol. The van der Waals surface area contributed by atoms with Gasteiger partial charge < -0.3 is 4.74 Å². The summed E-state index contributed by atoms with van der Waals surface area (Å²) in [4.78, 5) is 0. The molecule has 0 atom stereocenters. The van der Waals surface area contributed by atoms with Crippen LogP contribution in [0.4, 0.5) is 8.78 Å². The lowest BCUT2D eigenvalue weighted by Crippen LogP contribution is -2.03. The largest absolute Gasteiger partial charge is 0.493 e. The first-order valence-corrected chi connectivity index (χ1v) is 12.9. The molecule has 192 valence electrons. The summed E-state index contributed by atoms with van der Waals surface area (Å²) in [6.07, 6.45) is 1.78. The number of benzene rings is 4. The number of aryl methyl sites for hydroxylation is 8. The Bertz CT molecular complexity index is 1400. The fourth-order valence-electron chi connectivity index (χ4n) is 5.71. The summed E-state index contributed by atoms with van der Waals surface area (Å²) in [6, 6.07) is 17.3. The molecule has 0 N–H and O–H groups in total. The van der Waals surface area contributed by atoms with E-state index in [1.54, 1.807) is 6.07 Å². The highest BCUT2D eigenvalue weighted by molar-refractivity contribution is 5.74. The minimum atomic E-state index is -0.823. The Morgan fingerprint density at radius 3 is 1.68 bits per heavy atom. The molecule has 0 unspecified atom stereocenters. The lowest BCUT2D eigenvalue weighted by molar-refractivity contribution is 0.307. The first-order valence-electron chi connectivity index (χ1n) is 12.9. The van der Waals surface area contributed by atoms with Gasteiger partial charge in [0.05, 0.1) is 6.61 Å². The Hall–Kier alpha value is -3.46. The van der Waals surface area contributed by atoms with Crippen molar-refractivity contribution in [3.63, 3.8) is 0 Å². The molecule has 3 heteroatoms. The molecule has 0 saturated carbocycles. The van der Waals surface area contributed by atoms with Crippen molar-refractivity contribution in [2.24, 2.45) is 0 Å².